The summed E-state index contributed by atoms with van der Waals surface area (Å²) in [6.45, 7) is 0. The Morgan fingerprint density at radius 1 is 0.958 bits per heavy atom. The number of hydrogen-bond donors (Lipinski definition) is 1. The molecule has 0 aliphatic carbocycles. The second-order valence-electron chi connectivity index (χ2n) is 4.98. The van der Waals surface area contributed by atoms with Gasteiger partial charge in [-0.05, 0) is 24.6 Å². The number of hydrogen-bond acceptors (Lipinski definition) is 4. The van der Waals surface area contributed by atoms with Gasteiger partial charge in [0.1, 0.15) is 5.03 Å². The fourth-order valence-corrected chi connectivity index (χ4v) is 4.25. The van der Waals surface area contributed by atoms with Crippen molar-refractivity contribution in [2.24, 2.45) is 0 Å². The molecule has 122 valence electrons. The molecule has 0 unspecified atom stereocenters. The van der Waals surface area contributed by atoms with E-state index >= 15 is 0 Å². The molecule has 0 spiro atoms. The summed E-state index contributed by atoms with van der Waals surface area (Å²) in [6.07, 6.45) is 3.97. The van der Waals surface area contributed by atoms with Crippen molar-refractivity contribution in [3.05, 3.63) is 63.5 Å². The van der Waals surface area contributed by atoms with Crippen LogP contribution in [-0.4, -0.2) is 22.5 Å². The molecule has 2 aromatic carbocycles. The number of aromatic nitrogens is 2. The molecule has 1 aromatic heterocycles. The van der Waals surface area contributed by atoms with Crippen LogP contribution in [-0.2, 0) is 0 Å². The van der Waals surface area contributed by atoms with Gasteiger partial charge in [-0.3, -0.25) is 0 Å². The highest BCUT2D eigenvalue weighted by molar-refractivity contribution is 9.10. The Bertz CT molecular complexity index is 940. The molecule has 0 fully saturated rings. The molecule has 3 nitrogen and oxygen atoms in total. The van der Waals surface area contributed by atoms with Crippen molar-refractivity contribution in [1.82, 2.24) is 9.97 Å². The summed E-state index contributed by atoms with van der Waals surface area (Å²) < 4.78 is 0.969. The summed E-state index contributed by atoms with van der Waals surface area (Å²) >= 11 is 6.76. The maximum absolute atomic E-state index is 12.1. The minimum atomic E-state index is -0.332. The third-order valence-electron chi connectivity index (χ3n) is 3.61. The molecule has 3 rings (SSSR count). The van der Waals surface area contributed by atoms with E-state index in [0.717, 1.165) is 36.8 Å². The lowest BCUT2D eigenvalue weighted by molar-refractivity contribution is 0.988. The number of thioether (sulfide) groups is 2. The standard InChI is InChI=1S/C18H15BrN2OS2/c1-23-14-10-6-4-8-12(14)16-15(11-7-3-5-9-13(11)19)17(24-2)21-18(22)20-16/h3-10H,1-2H3,(H,20,21,22). The molecule has 0 bridgehead atoms. The lowest BCUT2D eigenvalue weighted by Crippen LogP contribution is -2.14. The summed E-state index contributed by atoms with van der Waals surface area (Å²) in [5.41, 5.74) is 3.43. The molecule has 0 aliphatic heterocycles. The van der Waals surface area contributed by atoms with Gasteiger partial charge in [0, 0.05) is 26.1 Å². The molecule has 0 amide bonds. The summed E-state index contributed by atoms with van der Waals surface area (Å²) in [6, 6.07) is 16.1. The van der Waals surface area contributed by atoms with E-state index in [1.165, 1.54) is 11.8 Å². The molecule has 3 aromatic rings. The van der Waals surface area contributed by atoms with Crippen molar-refractivity contribution in [3.8, 4) is 22.4 Å². The minimum Gasteiger partial charge on any atom is -0.305 e. The van der Waals surface area contributed by atoms with Gasteiger partial charge >= 0.3 is 5.69 Å². The van der Waals surface area contributed by atoms with E-state index in [4.69, 9.17) is 0 Å². The van der Waals surface area contributed by atoms with Crippen LogP contribution in [0, 0.1) is 0 Å². The first-order chi connectivity index (χ1) is 11.7. The molecule has 24 heavy (non-hydrogen) atoms. The number of rotatable bonds is 4. The minimum absolute atomic E-state index is 0.332. The molecular formula is C18H15BrN2OS2. The fourth-order valence-electron chi connectivity index (χ4n) is 2.57. The van der Waals surface area contributed by atoms with Crippen LogP contribution >= 0.6 is 39.5 Å². The largest absolute Gasteiger partial charge is 0.346 e. The molecular weight excluding hydrogens is 404 g/mol. The van der Waals surface area contributed by atoms with Crippen molar-refractivity contribution < 1.29 is 0 Å². The van der Waals surface area contributed by atoms with Crippen LogP contribution in [0.25, 0.3) is 22.4 Å². The number of nitrogens with one attached hydrogen (secondary N) is 1. The molecule has 0 aliphatic rings. The Morgan fingerprint density at radius 3 is 2.29 bits per heavy atom. The van der Waals surface area contributed by atoms with Crippen molar-refractivity contribution in [3.63, 3.8) is 0 Å². The monoisotopic (exact) mass is 418 g/mol. The average Bonchev–Trinajstić information content (AvgIpc) is 2.61. The Balaban J connectivity index is 2.40. The van der Waals surface area contributed by atoms with Crippen molar-refractivity contribution in [2.75, 3.05) is 12.5 Å². The molecule has 1 N–H and O–H groups in total. The zero-order valence-electron chi connectivity index (χ0n) is 13.2. The van der Waals surface area contributed by atoms with E-state index in [0.29, 0.717) is 0 Å². The average molecular weight is 419 g/mol. The van der Waals surface area contributed by atoms with Crippen molar-refractivity contribution >= 4 is 39.5 Å². The van der Waals surface area contributed by atoms with Gasteiger partial charge in [-0.25, -0.2) is 4.79 Å². The van der Waals surface area contributed by atoms with Gasteiger partial charge in [-0.1, -0.05) is 52.3 Å². The predicted molar refractivity (Wildman–Crippen MR) is 107 cm³/mol. The number of nitrogens with zero attached hydrogens (tertiary/aromatic N) is 1. The van der Waals surface area contributed by atoms with Gasteiger partial charge in [0.2, 0.25) is 0 Å². The van der Waals surface area contributed by atoms with Gasteiger partial charge in [0.15, 0.2) is 0 Å². The zero-order valence-corrected chi connectivity index (χ0v) is 16.4. The molecule has 0 atom stereocenters. The Morgan fingerprint density at radius 2 is 1.62 bits per heavy atom. The summed E-state index contributed by atoms with van der Waals surface area (Å²) in [4.78, 5) is 20.4. The number of halogens is 1. The smallest absolute Gasteiger partial charge is 0.305 e. The van der Waals surface area contributed by atoms with E-state index in [-0.39, 0.29) is 5.69 Å². The van der Waals surface area contributed by atoms with Crippen LogP contribution in [0.1, 0.15) is 0 Å². The van der Waals surface area contributed by atoms with Crippen LogP contribution in [0.5, 0.6) is 0 Å². The second kappa shape index (κ2) is 7.59. The van der Waals surface area contributed by atoms with Crippen molar-refractivity contribution in [1.29, 1.82) is 0 Å². The quantitative estimate of drug-likeness (QED) is 0.460. The van der Waals surface area contributed by atoms with Gasteiger partial charge in [-0.15, -0.1) is 23.5 Å². The van der Waals surface area contributed by atoms with Gasteiger partial charge in [0.05, 0.1) is 5.69 Å². The van der Waals surface area contributed by atoms with Gasteiger partial charge in [-0.2, -0.15) is 4.98 Å². The van der Waals surface area contributed by atoms with E-state index in [1.54, 1.807) is 11.8 Å². The topological polar surface area (TPSA) is 45.8 Å². The summed E-state index contributed by atoms with van der Waals surface area (Å²) in [7, 11) is 0. The van der Waals surface area contributed by atoms with E-state index in [1.807, 2.05) is 55.0 Å². The van der Waals surface area contributed by atoms with Gasteiger partial charge in [0.25, 0.3) is 0 Å². The predicted octanol–water partition coefficient (Wildman–Crippen LogP) is 5.31. The summed E-state index contributed by atoms with van der Waals surface area (Å²) in [5.74, 6) is 0. The maximum Gasteiger partial charge on any atom is 0.346 e. The van der Waals surface area contributed by atoms with Gasteiger partial charge < -0.3 is 4.98 Å². The van der Waals surface area contributed by atoms with E-state index < -0.39 is 0 Å². The number of benzene rings is 2. The molecule has 0 radical (unpaired) electrons. The highest BCUT2D eigenvalue weighted by Crippen LogP contribution is 2.41. The first kappa shape index (κ1) is 17.3. The maximum atomic E-state index is 12.1. The van der Waals surface area contributed by atoms with Crippen LogP contribution in [0.2, 0.25) is 0 Å². The highest BCUT2D eigenvalue weighted by atomic mass is 79.9. The third-order valence-corrected chi connectivity index (χ3v) is 5.78. The SMILES string of the molecule is CSc1ccccc1-c1[nH]c(=O)nc(SC)c1-c1ccccc1Br. The normalized spacial score (nSPS) is 10.8. The first-order valence-electron chi connectivity index (χ1n) is 7.22. The highest BCUT2D eigenvalue weighted by Gasteiger charge is 2.19. The second-order valence-corrected chi connectivity index (χ2v) is 7.48. The van der Waals surface area contributed by atoms with E-state index in [2.05, 4.69) is 32.0 Å². The Labute approximate surface area is 157 Å². The Hall–Kier alpha value is -1.50. The lowest BCUT2D eigenvalue weighted by atomic mass is 10.0. The van der Waals surface area contributed by atoms with Crippen LogP contribution in [0.3, 0.4) is 0 Å². The third kappa shape index (κ3) is 3.31. The molecule has 6 heteroatoms. The van der Waals surface area contributed by atoms with Crippen molar-refractivity contribution in [2.45, 2.75) is 9.92 Å². The van der Waals surface area contributed by atoms with Crippen LogP contribution in [0.4, 0.5) is 0 Å². The molecule has 0 saturated heterocycles. The number of aromatic amines is 1. The number of H-pyrrole nitrogens is 1. The van der Waals surface area contributed by atoms with Crippen LogP contribution in [0.15, 0.2) is 67.7 Å². The molecule has 1 heterocycles. The fraction of sp³-hybridized carbons (Fsp3) is 0.111. The van der Waals surface area contributed by atoms with Crippen LogP contribution < -0.4 is 5.69 Å². The first-order valence-corrected chi connectivity index (χ1v) is 10.5. The Kier molecular flexibility index (Phi) is 5.48. The summed E-state index contributed by atoms with van der Waals surface area (Å²) in [5, 5.41) is 0.719. The molecule has 0 saturated carbocycles. The van der Waals surface area contributed by atoms with E-state index in [9.17, 15) is 4.79 Å². The lowest BCUT2D eigenvalue weighted by Gasteiger charge is -2.16. The zero-order chi connectivity index (χ0) is 17.1.